The van der Waals surface area contributed by atoms with Crippen molar-refractivity contribution in [3.05, 3.63) is 27.2 Å². The largest absolute Gasteiger partial charge is 0.454 e. The van der Waals surface area contributed by atoms with Gasteiger partial charge < -0.3 is 15.2 Å². The average Bonchev–Trinajstić information content (AvgIpc) is 3.04. The number of aryl methyl sites for hydroxylation is 1. The minimum absolute atomic E-state index is 0.141. The Balaban J connectivity index is 1.80. The molecular formula is C14H13BrN2O2S. The monoisotopic (exact) mass is 352 g/mol. The van der Waals surface area contributed by atoms with Crippen LogP contribution in [0.1, 0.15) is 29.5 Å². The third kappa shape index (κ3) is 1.94. The number of halogens is 1. The molecule has 20 heavy (non-hydrogen) atoms. The number of thiazole rings is 1. The van der Waals surface area contributed by atoms with Crippen molar-refractivity contribution in [1.82, 2.24) is 4.98 Å². The maximum absolute atomic E-state index is 6.17. The van der Waals surface area contributed by atoms with E-state index in [1.807, 2.05) is 12.1 Å². The van der Waals surface area contributed by atoms with E-state index in [0.29, 0.717) is 0 Å². The van der Waals surface area contributed by atoms with Crippen LogP contribution in [0.15, 0.2) is 16.6 Å². The van der Waals surface area contributed by atoms with Crippen molar-refractivity contribution in [1.29, 1.82) is 0 Å². The summed E-state index contributed by atoms with van der Waals surface area (Å²) in [5, 5.41) is 1.01. The van der Waals surface area contributed by atoms with Crippen molar-refractivity contribution in [3.63, 3.8) is 0 Å². The maximum atomic E-state index is 6.17. The molecule has 1 atom stereocenters. The zero-order valence-corrected chi connectivity index (χ0v) is 13.1. The third-order valence-electron chi connectivity index (χ3n) is 3.67. The summed E-state index contributed by atoms with van der Waals surface area (Å²) >= 11 is 5.22. The van der Waals surface area contributed by atoms with Gasteiger partial charge >= 0.3 is 0 Å². The van der Waals surface area contributed by atoms with E-state index >= 15 is 0 Å². The fourth-order valence-electron chi connectivity index (χ4n) is 2.67. The first-order valence-electron chi connectivity index (χ1n) is 6.57. The number of rotatable bonds is 1. The van der Waals surface area contributed by atoms with Gasteiger partial charge in [-0.25, -0.2) is 4.98 Å². The summed E-state index contributed by atoms with van der Waals surface area (Å²) in [5.41, 5.74) is 8.39. The van der Waals surface area contributed by atoms with Crippen LogP contribution in [0.4, 0.5) is 0 Å². The minimum atomic E-state index is 0.141. The zero-order chi connectivity index (χ0) is 13.7. The number of hydrogen-bond acceptors (Lipinski definition) is 5. The van der Waals surface area contributed by atoms with Gasteiger partial charge in [-0.3, -0.25) is 0 Å². The highest BCUT2D eigenvalue weighted by molar-refractivity contribution is 9.10. The lowest BCUT2D eigenvalue weighted by Gasteiger charge is -2.15. The highest BCUT2D eigenvalue weighted by atomic mass is 79.9. The lowest BCUT2D eigenvalue weighted by molar-refractivity contribution is 0.173. The first kappa shape index (κ1) is 12.6. The van der Waals surface area contributed by atoms with Crippen molar-refractivity contribution in [2.24, 2.45) is 5.73 Å². The minimum Gasteiger partial charge on any atom is -0.454 e. The molecule has 2 heterocycles. The van der Waals surface area contributed by atoms with Crippen molar-refractivity contribution < 1.29 is 9.47 Å². The molecule has 1 aromatic carbocycles. The summed E-state index contributed by atoms with van der Waals surface area (Å²) in [6, 6.07) is 4.16. The molecule has 4 nitrogen and oxygen atoms in total. The molecule has 1 aliphatic heterocycles. The van der Waals surface area contributed by atoms with Crippen LogP contribution >= 0.6 is 27.3 Å². The molecule has 0 bridgehead atoms. The Morgan fingerprint density at radius 2 is 2.25 bits per heavy atom. The van der Waals surface area contributed by atoms with Crippen LogP contribution in [0, 0.1) is 0 Å². The summed E-state index contributed by atoms with van der Waals surface area (Å²) in [7, 11) is 0. The van der Waals surface area contributed by atoms with Crippen LogP contribution in [0.2, 0.25) is 0 Å². The number of fused-ring (bicyclic) bond motifs is 2. The fourth-order valence-corrected chi connectivity index (χ4v) is 4.36. The van der Waals surface area contributed by atoms with Crippen molar-refractivity contribution >= 4 is 27.3 Å². The number of nitrogens with zero attached hydrogens (tertiary/aromatic N) is 1. The van der Waals surface area contributed by atoms with E-state index in [-0.39, 0.29) is 12.8 Å². The molecule has 0 saturated carbocycles. The fraction of sp³-hybridized carbons (Fsp3) is 0.357. The first-order valence-corrected chi connectivity index (χ1v) is 8.18. The first-order chi connectivity index (χ1) is 9.72. The van der Waals surface area contributed by atoms with Crippen LogP contribution in [0.5, 0.6) is 11.5 Å². The maximum Gasteiger partial charge on any atom is 0.231 e. The van der Waals surface area contributed by atoms with Gasteiger partial charge in [0.1, 0.15) is 5.01 Å². The topological polar surface area (TPSA) is 57.4 Å². The summed E-state index contributed by atoms with van der Waals surface area (Å²) in [4.78, 5) is 6.00. The SMILES string of the molecule is NC1CCCc2nc(-c3cc(Br)c4c(c3)OCO4)sc21. The summed E-state index contributed by atoms with van der Waals surface area (Å²) in [6.45, 7) is 0.274. The van der Waals surface area contributed by atoms with E-state index in [1.165, 1.54) is 4.88 Å². The van der Waals surface area contributed by atoms with Crippen molar-refractivity contribution in [2.75, 3.05) is 6.79 Å². The zero-order valence-electron chi connectivity index (χ0n) is 10.7. The lowest BCUT2D eigenvalue weighted by atomic mass is 9.99. The van der Waals surface area contributed by atoms with E-state index in [4.69, 9.17) is 20.2 Å². The van der Waals surface area contributed by atoms with Gasteiger partial charge in [-0.1, -0.05) is 0 Å². The van der Waals surface area contributed by atoms with Crippen molar-refractivity contribution in [3.8, 4) is 22.1 Å². The molecule has 6 heteroatoms. The van der Waals surface area contributed by atoms with E-state index in [9.17, 15) is 0 Å². The van der Waals surface area contributed by atoms with Crippen LogP contribution in [0.25, 0.3) is 10.6 Å². The van der Waals surface area contributed by atoms with Crippen LogP contribution in [-0.2, 0) is 6.42 Å². The summed E-state index contributed by atoms with van der Waals surface area (Å²) < 4.78 is 11.8. The number of aromatic nitrogens is 1. The van der Waals surface area contributed by atoms with Crippen LogP contribution in [0.3, 0.4) is 0 Å². The Kier molecular flexibility index (Phi) is 2.98. The third-order valence-corrected chi connectivity index (χ3v) is 5.53. The van der Waals surface area contributed by atoms with Gasteiger partial charge in [-0.2, -0.15) is 0 Å². The Bertz CT molecular complexity index is 686. The molecule has 0 radical (unpaired) electrons. The molecule has 4 rings (SSSR count). The van der Waals surface area contributed by atoms with E-state index in [0.717, 1.165) is 51.5 Å². The van der Waals surface area contributed by atoms with Gasteiger partial charge in [0.2, 0.25) is 6.79 Å². The van der Waals surface area contributed by atoms with E-state index in [1.54, 1.807) is 11.3 Å². The normalized spacial score (nSPS) is 20.0. The average molecular weight is 353 g/mol. The molecule has 1 aliphatic carbocycles. The highest BCUT2D eigenvalue weighted by Gasteiger charge is 2.24. The Hall–Kier alpha value is -1.11. The van der Waals surface area contributed by atoms with Crippen molar-refractivity contribution in [2.45, 2.75) is 25.3 Å². The molecular weight excluding hydrogens is 340 g/mol. The molecule has 1 unspecified atom stereocenters. The molecule has 0 saturated heterocycles. The van der Waals surface area contributed by atoms with Gasteiger partial charge in [0, 0.05) is 16.5 Å². The summed E-state index contributed by atoms with van der Waals surface area (Å²) in [5.74, 6) is 1.54. The second-order valence-corrected chi connectivity index (χ2v) is 6.91. The van der Waals surface area contributed by atoms with Gasteiger partial charge in [0.15, 0.2) is 11.5 Å². The van der Waals surface area contributed by atoms with E-state index in [2.05, 4.69) is 15.9 Å². The molecule has 0 fully saturated rings. The number of nitrogens with two attached hydrogens (primary N) is 1. The number of ether oxygens (including phenoxy) is 2. The Morgan fingerprint density at radius 1 is 1.35 bits per heavy atom. The molecule has 104 valence electrons. The predicted molar refractivity (Wildman–Crippen MR) is 81.2 cm³/mol. The van der Waals surface area contributed by atoms with Gasteiger partial charge in [0.25, 0.3) is 0 Å². The number of benzene rings is 1. The molecule has 2 aliphatic rings. The van der Waals surface area contributed by atoms with Crippen LogP contribution < -0.4 is 15.2 Å². The predicted octanol–water partition coefficient (Wildman–Crippen LogP) is 3.64. The van der Waals surface area contributed by atoms with Gasteiger partial charge in [-0.15, -0.1) is 11.3 Å². The second kappa shape index (κ2) is 4.72. The smallest absolute Gasteiger partial charge is 0.231 e. The molecule has 2 N–H and O–H groups in total. The molecule has 0 amide bonds. The molecule has 1 aromatic heterocycles. The Morgan fingerprint density at radius 3 is 3.10 bits per heavy atom. The van der Waals surface area contributed by atoms with Gasteiger partial charge in [0.05, 0.1) is 10.2 Å². The number of hydrogen-bond donors (Lipinski definition) is 1. The van der Waals surface area contributed by atoms with E-state index < -0.39 is 0 Å². The standard InChI is InChI=1S/C14H13BrN2O2S/c15-8-4-7(5-11-12(8)19-6-18-11)14-17-10-3-1-2-9(16)13(10)20-14/h4-5,9H,1-3,6,16H2. The molecule has 2 aromatic rings. The summed E-state index contributed by atoms with van der Waals surface area (Å²) in [6.07, 6.45) is 3.22. The second-order valence-electron chi connectivity index (χ2n) is 5.02. The van der Waals surface area contributed by atoms with Crippen LogP contribution in [-0.4, -0.2) is 11.8 Å². The van der Waals surface area contributed by atoms with Gasteiger partial charge in [-0.05, 0) is 47.3 Å². The Labute approximate surface area is 129 Å². The highest BCUT2D eigenvalue weighted by Crippen LogP contribution is 2.44. The quantitative estimate of drug-likeness (QED) is 0.851. The lowest BCUT2D eigenvalue weighted by Crippen LogP contribution is -2.15. The molecule has 0 spiro atoms.